The van der Waals surface area contributed by atoms with Gasteiger partial charge in [0.05, 0.1) is 6.04 Å². The zero-order valence-corrected chi connectivity index (χ0v) is 12.9. The number of aromatic hydroxyl groups is 1. The van der Waals surface area contributed by atoms with Gasteiger partial charge >= 0.3 is 0 Å². The van der Waals surface area contributed by atoms with E-state index in [9.17, 15) is 9.90 Å². The molecule has 20 heavy (non-hydrogen) atoms. The Morgan fingerprint density at radius 2 is 1.75 bits per heavy atom. The molecule has 4 N–H and O–H groups in total. The van der Waals surface area contributed by atoms with Gasteiger partial charge in [0.1, 0.15) is 5.75 Å². The van der Waals surface area contributed by atoms with Gasteiger partial charge in [0.15, 0.2) is 0 Å². The molecule has 104 valence electrons. The van der Waals surface area contributed by atoms with Crippen LogP contribution in [0.2, 0.25) is 0 Å². The normalized spacial score (nSPS) is 11.9. The van der Waals surface area contributed by atoms with E-state index < -0.39 is 6.04 Å². The fourth-order valence-corrected chi connectivity index (χ4v) is 2.11. The molecule has 0 fully saturated rings. The summed E-state index contributed by atoms with van der Waals surface area (Å²) in [5.74, 6) is -0.0232. The summed E-state index contributed by atoms with van der Waals surface area (Å²) in [6.07, 6.45) is 0.427. The molecule has 0 aliphatic heterocycles. The van der Waals surface area contributed by atoms with Crippen molar-refractivity contribution >= 4 is 34.2 Å². The molecule has 0 heterocycles. The minimum atomic E-state index is -0.626. The van der Waals surface area contributed by atoms with E-state index in [1.165, 1.54) is 0 Å². The molecular formula is C15H15IN2O2. The summed E-state index contributed by atoms with van der Waals surface area (Å²) in [6, 6.07) is 13.6. The van der Waals surface area contributed by atoms with Gasteiger partial charge in [-0.2, -0.15) is 0 Å². The molecule has 1 atom stereocenters. The van der Waals surface area contributed by atoms with Gasteiger partial charge in [-0.3, -0.25) is 4.79 Å². The number of amides is 1. The van der Waals surface area contributed by atoms with Crippen LogP contribution in [0.1, 0.15) is 5.56 Å². The van der Waals surface area contributed by atoms with Gasteiger partial charge in [0, 0.05) is 9.26 Å². The maximum absolute atomic E-state index is 12.0. The third-order valence-corrected chi connectivity index (χ3v) is 3.56. The zero-order chi connectivity index (χ0) is 14.5. The van der Waals surface area contributed by atoms with Crippen molar-refractivity contribution < 1.29 is 9.90 Å². The summed E-state index contributed by atoms with van der Waals surface area (Å²) >= 11 is 2.20. The summed E-state index contributed by atoms with van der Waals surface area (Å²) in [4.78, 5) is 12.0. The molecule has 2 aromatic carbocycles. The summed E-state index contributed by atoms with van der Waals surface area (Å²) in [5.41, 5.74) is 7.53. The lowest BCUT2D eigenvalue weighted by molar-refractivity contribution is -0.117. The molecular weight excluding hydrogens is 367 g/mol. The van der Waals surface area contributed by atoms with Crippen LogP contribution in [0.5, 0.6) is 5.75 Å². The van der Waals surface area contributed by atoms with Crippen LogP contribution < -0.4 is 11.1 Å². The quantitative estimate of drug-likeness (QED) is 0.712. The predicted molar refractivity (Wildman–Crippen MR) is 87.6 cm³/mol. The first-order valence-corrected chi connectivity index (χ1v) is 7.22. The Balaban J connectivity index is 1.94. The van der Waals surface area contributed by atoms with Crippen LogP contribution >= 0.6 is 22.6 Å². The van der Waals surface area contributed by atoms with Gasteiger partial charge in [0.25, 0.3) is 0 Å². The van der Waals surface area contributed by atoms with E-state index in [1.807, 2.05) is 24.3 Å². The van der Waals surface area contributed by atoms with Crippen molar-refractivity contribution in [3.05, 3.63) is 57.7 Å². The fourth-order valence-electron chi connectivity index (χ4n) is 1.75. The van der Waals surface area contributed by atoms with Crippen LogP contribution in [-0.4, -0.2) is 17.1 Å². The standard InChI is InChI=1S/C15H15IN2O2/c16-11-3-5-12(6-4-11)18-15(20)14(17)9-10-1-7-13(19)8-2-10/h1-8,14,19H,9,17H2,(H,18,20). The Kier molecular flexibility index (Phi) is 4.97. The van der Waals surface area contributed by atoms with E-state index in [-0.39, 0.29) is 11.7 Å². The van der Waals surface area contributed by atoms with Gasteiger partial charge in [-0.15, -0.1) is 0 Å². The van der Waals surface area contributed by atoms with E-state index in [4.69, 9.17) is 5.73 Å². The van der Waals surface area contributed by atoms with E-state index in [2.05, 4.69) is 27.9 Å². The number of carbonyl (C=O) groups is 1. The van der Waals surface area contributed by atoms with Gasteiger partial charge < -0.3 is 16.2 Å². The third kappa shape index (κ3) is 4.21. The first kappa shape index (κ1) is 14.8. The van der Waals surface area contributed by atoms with E-state index in [0.29, 0.717) is 6.42 Å². The molecule has 0 bridgehead atoms. The predicted octanol–water partition coefficient (Wildman–Crippen LogP) is 2.51. The largest absolute Gasteiger partial charge is 0.508 e. The summed E-state index contributed by atoms with van der Waals surface area (Å²) in [7, 11) is 0. The molecule has 0 saturated carbocycles. The summed E-state index contributed by atoms with van der Waals surface area (Å²) < 4.78 is 1.11. The number of nitrogens with one attached hydrogen (secondary N) is 1. The molecule has 1 unspecified atom stereocenters. The van der Waals surface area contributed by atoms with E-state index >= 15 is 0 Å². The van der Waals surface area contributed by atoms with Gasteiger partial charge in [-0.05, 0) is 71.0 Å². The Bertz CT molecular complexity index is 582. The SMILES string of the molecule is NC(Cc1ccc(O)cc1)C(=O)Nc1ccc(I)cc1. The second-order valence-electron chi connectivity index (χ2n) is 4.47. The minimum absolute atomic E-state index is 0.200. The van der Waals surface area contributed by atoms with Gasteiger partial charge in [0.2, 0.25) is 5.91 Å². The maximum Gasteiger partial charge on any atom is 0.241 e. The van der Waals surface area contributed by atoms with Crippen molar-refractivity contribution in [2.24, 2.45) is 5.73 Å². The number of halogens is 1. The van der Waals surface area contributed by atoms with Crippen LogP contribution in [-0.2, 0) is 11.2 Å². The molecule has 5 heteroatoms. The molecule has 2 rings (SSSR count). The molecule has 0 saturated heterocycles. The Hall–Kier alpha value is -1.60. The number of phenolic OH excluding ortho intramolecular Hbond substituents is 1. The zero-order valence-electron chi connectivity index (χ0n) is 10.7. The molecule has 0 aliphatic carbocycles. The number of carbonyl (C=O) groups excluding carboxylic acids is 1. The minimum Gasteiger partial charge on any atom is -0.508 e. The highest BCUT2D eigenvalue weighted by Gasteiger charge is 2.14. The first-order valence-electron chi connectivity index (χ1n) is 6.14. The van der Waals surface area contributed by atoms with Crippen molar-refractivity contribution in [3.8, 4) is 5.75 Å². The number of hydrogen-bond acceptors (Lipinski definition) is 3. The number of rotatable bonds is 4. The van der Waals surface area contributed by atoms with Gasteiger partial charge in [-0.25, -0.2) is 0 Å². The van der Waals surface area contributed by atoms with Crippen molar-refractivity contribution in [2.45, 2.75) is 12.5 Å². The average molecular weight is 382 g/mol. The highest BCUT2D eigenvalue weighted by atomic mass is 127. The van der Waals surface area contributed by atoms with Crippen LogP contribution in [0.15, 0.2) is 48.5 Å². The molecule has 0 spiro atoms. The van der Waals surface area contributed by atoms with E-state index in [1.54, 1.807) is 24.3 Å². The molecule has 2 aromatic rings. The van der Waals surface area contributed by atoms with Crippen LogP contribution in [0.3, 0.4) is 0 Å². The summed E-state index contributed by atoms with van der Waals surface area (Å²) in [6.45, 7) is 0. The number of nitrogens with two attached hydrogens (primary N) is 1. The number of anilines is 1. The number of phenols is 1. The molecule has 0 aromatic heterocycles. The van der Waals surface area contributed by atoms with Crippen molar-refractivity contribution in [1.82, 2.24) is 0 Å². The van der Waals surface area contributed by atoms with Crippen molar-refractivity contribution in [2.75, 3.05) is 5.32 Å². The van der Waals surface area contributed by atoms with E-state index in [0.717, 1.165) is 14.8 Å². The van der Waals surface area contributed by atoms with Crippen LogP contribution in [0, 0.1) is 3.57 Å². The first-order chi connectivity index (χ1) is 9.54. The topological polar surface area (TPSA) is 75.3 Å². The monoisotopic (exact) mass is 382 g/mol. The highest BCUT2D eigenvalue weighted by Crippen LogP contribution is 2.13. The molecule has 1 amide bonds. The number of benzene rings is 2. The average Bonchev–Trinajstić information content (AvgIpc) is 2.44. The van der Waals surface area contributed by atoms with Crippen molar-refractivity contribution in [3.63, 3.8) is 0 Å². The lowest BCUT2D eigenvalue weighted by Gasteiger charge is -2.12. The fraction of sp³-hybridized carbons (Fsp3) is 0.133. The Labute approximate surface area is 131 Å². The second kappa shape index (κ2) is 6.71. The van der Waals surface area contributed by atoms with Crippen molar-refractivity contribution in [1.29, 1.82) is 0 Å². The Morgan fingerprint density at radius 1 is 1.15 bits per heavy atom. The molecule has 4 nitrogen and oxygen atoms in total. The Morgan fingerprint density at radius 3 is 2.35 bits per heavy atom. The smallest absolute Gasteiger partial charge is 0.241 e. The second-order valence-corrected chi connectivity index (χ2v) is 5.72. The number of hydrogen-bond donors (Lipinski definition) is 3. The summed E-state index contributed by atoms with van der Waals surface area (Å²) in [5, 5.41) is 12.0. The lowest BCUT2D eigenvalue weighted by Crippen LogP contribution is -2.37. The van der Waals surface area contributed by atoms with Crippen LogP contribution in [0.25, 0.3) is 0 Å². The molecule has 0 radical (unpaired) electrons. The van der Waals surface area contributed by atoms with Gasteiger partial charge in [-0.1, -0.05) is 12.1 Å². The highest BCUT2D eigenvalue weighted by molar-refractivity contribution is 14.1. The third-order valence-electron chi connectivity index (χ3n) is 2.84. The van der Waals surface area contributed by atoms with Crippen LogP contribution in [0.4, 0.5) is 5.69 Å². The maximum atomic E-state index is 12.0. The lowest BCUT2D eigenvalue weighted by atomic mass is 10.1. The molecule has 0 aliphatic rings.